The van der Waals surface area contributed by atoms with Crippen LogP contribution in [0.1, 0.15) is 13.8 Å². The van der Waals surface area contributed by atoms with Gasteiger partial charge in [0.05, 0.1) is 0 Å². The van der Waals surface area contributed by atoms with Crippen LogP contribution in [0.3, 0.4) is 0 Å². The van der Waals surface area contributed by atoms with Gasteiger partial charge in [0.25, 0.3) is 0 Å². The van der Waals surface area contributed by atoms with Crippen molar-refractivity contribution in [2.45, 2.75) is 13.8 Å². The van der Waals surface area contributed by atoms with Crippen LogP contribution >= 0.6 is 12.4 Å². The number of amides is 1. The fourth-order valence-electron chi connectivity index (χ4n) is 1.87. The zero-order chi connectivity index (χ0) is 12.9. The number of hydrogen-bond donors (Lipinski definition) is 1. The lowest BCUT2D eigenvalue weighted by atomic mass is 10.3. The molecule has 1 rings (SSSR count). The van der Waals surface area contributed by atoms with Gasteiger partial charge in [0, 0.05) is 39.3 Å². The molecule has 0 atom stereocenters. The minimum Gasteiger partial charge on any atom is -0.339 e. The van der Waals surface area contributed by atoms with Crippen LogP contribution in [-0.2, 0) is 14.8 Å². The lowest BCUT2D eigenvalue weighted by molar-refractivity contribution is -0.129. The summed E-state index contributed by atoms with van der Waals surface area (Å²) in [6.45, 7) is 7.02. The van der Waals surface area contributed by atoms with E-state index in [9.17, 15) is 13.2 Å². The first kappa shape index (κ1) is 17.6. The normalized spacial score (nSPS) is 16.5. The molecule has 0 bridgehead atoms. The largest absolute Gasteiger partial charge is 0.339 e. The van der Waals surface area contributed by atoms with Crippen molar-refractivity contribution in [2.75, 3.05) is 45.0 Å². The first-order chi connectivity index (χ1) is 8.01. The van der Waals surface area contributed by atoms with Crippen LogP contribution in [0.15, 0.2) is 0 Å². The number of piperazine rings is 1. The summed E-state index contributed by atoms with van der Waals surface area (Å²) in [4.78, 5) is 13.5. The third-order valence-corrected chi connectivity index (χ3v) is 4.79. The second-order valence-electron chi connectivity index (χ2n) is 3.97. The fourth-order valence-corrected chi connectivity index (χ4v) is 3.33. The average molecular weight is 300 g/mol. The van der Waals surface area contributed by atoms with E-state index in [0.717, 1.165) is 13.1 Å². The van der Waals surface area contributed by atoms with Gasteiger partial charge in [-0.1, -0.05) is 13.8 Å². The molecule has 1 amide bonds. The second kappa shape index (κ2) is 7.93. The molecule has 8 heteroatoms. The second-order valence-corrected chi connectivity index (χ2v) is 5.94. The molecular weight excluding hydrogens is 278 g/mol. The third-order valence-electron chi connectivity index (χ3n) is 2.87. The molecule has 0 radical (unpaired) electrons. The van der Waals surface area contributed by atoms with Gasteiger partial charge in [-0.05, 0) is 0 Å². The maximum Gasteiger partial charge on any atom is 0.239 e. The molecule has 0 saturated carbocycles. The highest BCUT2D eigenvalue weighted by molar-refractivity contribution is 7.89. The maximum atomic E-state index is 11.9. The fraction of sp³-hybridized carbons (Fsp3) is 0.900. The number of hydrogen-bond acceptors (Lipinski definition) is 4. The van der Waals surface area contributed by atoms with Gasteiger partial charge in [0.1, 0.15) is 5.75 Å². The number of rotatable bonds is 5. The highest BCUT2D eigenvalue weighted by Crippen LogP contribution is 2.03. The molecule has 108 valence electrons. The van der Waals surface area contributed by atoms with Crippen molar-refractivity contribution >= 4 is 28.3 Å². The molecule has 1 fully saturated rings. The predicted molar refractivity (Wildman–Crippen MR) is 73.4 cm³/mol. The number of nitrogens with zero attached hydrogens (tertiary/aromatic N) is 2. The topological polar surface area (TPSA) is 69.7 Å². The molecular formula is C10H22ClN3O3S. The quantitative estimate of drug-likeness (QED) is 0.744. The van der Waals surface area contributed by atoms with Crippen molar-refractivity contribution in [2.24, 2.45) is 0 Å². The molecule has 1 saturated heterocycles. The Morgan fingerprint density at radius 2 is 1.72 bits per heavy atom. The molecule has 18 heavy (non-hydrogen) atoms. The molecule has 0 spiro atoms. The lowest BCUT2D eigenvalue weighted by Gasteiger charge is -2.28. The smallest absolute Gasteiger partial charge is 0.239 e. The van der Waals surface area contributed by atoms with E-state index in [0.29, 0.717) is 26.2 Å². The molecule has 0 aromatic rings. The molecule has 0 unspecified atom stereocenters. The number of halogens is 1. The van der Waals surface area contributed by atoms with E-state index in [2.05, 4.69) is 5.32 Å². The maximum absolute atomic E-state index is 11.9. The van der Waals surface area contributed by atoms with Crippen LogP contribution in [-0.4, -0.2) is 68.6 Å². The van der Waals surface area contributed by atoms with E-state index in [1.165, 1.54) is 4.31 Å². The van der Waals surface area contributed by atoms with Gasteiger partial charge in [0.2, 0.25) is 15.9 Å². The molecule has 0 aromatic carbocycles. The van der Waals surface area contributed by atoms with Crippen LogP contribution in [0.5, 0.6) is 0 Å². The van der Waals surface area contributed by atoms with Gasteiger partial charge in [-0.2, -0.15) is 0 Å². The van der Waals surface area contributed by atoms with Crippen LogP contribution < -0.4 is 5.32 Å². The lowest BCUT2D eigenvalue weighted by Crippen LogP contribution is -2.49. The van der Waals surface area contributed by atoms with Gasteiger partial charge >= 0.3 is 0 Å². The van der Waals surface area contributed by atoms with E-state index < -0.39 is 15.8 Å². The van der Waals surface area contributed by atoms with E-state index in [-0.39, 0.29) is 18.3 Å². The Bertz CT molecular complexity index is 351. The number of sulfonamides is 1. The monoisotopic (exact) mass is 299 g/mol. The summed E-state index contributed by atoms with van der Waals surface area (Å²) in [5.41, 5.74) is 0. The Labute approximate surface area is 115 Å². The minimum atomic E-state index is -3.45. The molecule has 1 heterocycles. The molecule has 0 aromatic heterocycles. The highest BCUT2D eigenvalue weighted by atomic mass is 35.5. The number of carbonyl (C=O) groups excluding carboxylic acids is 1. The van der Waals surface area contributed by atoms with Crippen LogP contribution in [0.4, 0.5) is 0 Å². The van der Waals surface area contributed by atoms with Gasteiger partial charge in [0.15, 0.2) is 0 Å². The van der Waals surface area contributed by atoms with Gasteiger partial charge in [-0.25, -0.2) is 12.7 Å². The van der Waals surface area contributed by atoms with Gasteiger partial charge in [-0.15, -0.1) is 12.4 Å². The molecule has 1 aliphatic heterocycles. The summed E-state index contributed by atoms with van der Waals surface area (Å²) in [5.74, 6) is -0.701. The van der Waals surface area contributed by atoms with E-state index in [4.69, 9.17) is 0 Å². The molecule has 0 aliphatic carbocycles. The summed E-state index contributed by atoms with van der Waals surface area (Å²) in [6.07, 6.45) is 0. The first-order valence-electron chi connectivity index (χ1n) is 5.97. The van der Waals surface area contributed by atoms with E-state index in [1.807, 2.05) is 0 Å². The van der Waals surface area contributed by atoms with Crippen molar-refractivity contribution in [1.82, 2.24) is 14.5 Å². The Morgan fingerprint density at radius 1 is 1.22 bits per heavy atom. The Hall–Kier alpha value is -0.370. The van der Waals surface area contributed by atoms with Crippen LogP contribution in [0, 0.1) is 0 Å². The zero-order valence-corrected chi connectivity index (χ0v) is 12.5. The van der Waals surface area contributed by atoms with Crippen LogP contribution in [0.25, 0.3) is 0 Å². The SMILES string of the molecule is CCN(CC)S(=O)(=O)CC(=O)N1CCNCC1.Cl. The van der Waals surface area contributed by atoms with Crippen molar-refractivity contribution in [1.29, 1.82) is 0 Å². The Morgan fingerprint density at radius 3 is 2.17 bits per heavy atom. The zero-order valence-electron chi connectivity index (χ0n) is 10.9. The van der Waals surface area contributed by atoms with Gasteiger partial charge in [-0.3, -0.25) is 4.79 Å². The van der Waals surface area contributed by atoms with Crippen molar-refractivity contribution < 1.29 is 13.2 Å². The summed E-state index contributed by atoms with van der Waals surface area (Å²) in [6, 6.07) is 0. The molecule has 1 N–H and O–H groups in total. The highest BCUT2D eigenvalue weighted by Gasteiger charge is 2.26. The van der Waals surface area contributed by atoms with Crippen LogP contribution in [0.2, 0.25) is 0 Å². The first-order valence-corrected chi connectivity index (χ1v) is 7.58. The molecule has 1 aliphatic rings. The summed E-state index contributed by atoms with van der Waals surface area (Å²) in [7, 11) is -3.45. The van der Waals surface area contributed by atoms with E-state index >= 15 is 0 Å². The third kappa shape index (κ3) is 4.72. The summed E-state index contributed by atoms with van der Waals surface area (Å²) >= 11 is 0. The predicted octanol–water partition coefficient (Wildman–Crippen LogP) is -0.488. The van der Waals surface area contributed by atoms with Gasteiger partial charge < -0.3 is 10.2 Å². The number of carbonyl (C=O) groups is 1. The van der Waals surface area contributed by atoms with Crippen molar-refractivity contribution in [3.05, 3.63) is 0 Å². The summed E-state index contributed by atoms with van der Waals surface area (Å²) < 4.78 is 25.1. The van der Waals surface area contributed by atoms with Crippen molar-refractivity contribution in [3.8, 4) is 0 Å². The van der Waals surface area contributed by atoms with Crippen molar-refractivity contribution in [3.63, 3.8) is 0 Å². The average Bonchev–Trinajstić information content (AvgIpc) is 2.30. The standard InChI is InChI=1S/C10H21N3O3S.ClH/c1-3-13(4-2)17(15,16)9-10(14)12-7-5-11-6-8-12;/h11H,3-9H2,1-2H3;1H. The number of nitrogens with one attached hydrogen (secondary N) is 1. The van der Waals surface area contributed by atoms with E-state index in [1.54, 1.807) is 18.7 Å². The summed E-state index contributed by atoms with van der Waals surface area (Å²) in [5, 5.41) is 3.12. The Balaban J connectivity index is 0.00000289. The Kier molecular flexibility index (Phi) is 7.77. The molecule has 6 nitrogen and oxygen atoms in total. The minimum absolute atomic E-state index is 0.